The molecule has 3 rings (SSSR count). The minimum absolute atomic E-state index is 0.301. The van der Waals surface area contributed by atoms with Gasteiger partial charge < -0.3 is 9.47 Å². The van der Waals surface area contributed by atoms with Crippen molar-refractivity contribution in [1.82, 2.24) is 10.5 Å². The van der Waals surface area contributed by atoms with E-state index in [-0.39, 0.29) is 5.91 Å². The summed E-state index contributed by atoms with van der Waals surface area (Å²) in [7, 11) is 1.61. The Labute approximate surface area is 176 Å². The molecule has 0 atom stereocenters. The van der Waals surface area contributed by atoms with E-state index in [1.54, 1.807) is 18.8 Å². The Hall–Kier alpha value is -3.38. The van der Waals surface area contributed by atoms with Crippen LogP contribution in [0, 0.1) is 0 Å². The number of para-hydroxylation sites is 1. The van der Waals surface area contributed by atoms with Gasteiger partial charge in [0.05, 0.1) is 19.2 Å². The number of hydroxylamine groups is 1. The highest BCUT2D eigenvalue weighted by atomic mass is 16.5. The fraction of sp³-hybridized carbons (Fsp3) is 0.250. The van der Waals surface area contributed by atoms with Crippen molar-refractivity contribution in [3.05, 3.63) is 72.4 Å². The number of hydrogen-bond acceptors (Lipinski definition) is 5. The molecule has 6 heteroatoms. The van der Waals surface area contributed by atoms with Crippen molar-refractivity contribution in [1.29, 1.82) is 0 Å². The predicted molar refractivity (Wildman–Crippen MR) is 117 cm³/mol. The number of amides is 1. The van der Waals surface area contributed by atoms with Gasteiger partial charge in [-0.1, -0.05) is 30.8 Å². The van der Waals surface area contributed by atoms with Gasteiger partial charge in [-0.25, -0.2) is 5.48 Å². The average Bonchev–Trinajstić information content (AvgIpc) is 2.80. The SMILES string of the molecule is C=C(c1ccc(OC)c(OCCCCCC(=O)NO)c1)c1ccnc2ccccc12. The van der Waals surface area contributed by atoms with Crippen LogP contribution in [0.25, 0.3) is 16.5 Å². The van der Waals surface area contributed by atoms with Gasteiger partial charge in [0.25, 0.3) is 0 Å². The molecule has 0 fully saturated rings. The highest BCUT2D eigenvalue weighted by Crippen LogP contribution is 2.34. The summed E-state index contributed by atoms with van der Waals surface area (Å²) >= 11 is 0. The molecule has 0 aliphatic rings. The van der Waals surface area contributed by atoms with Crippen molar-refractivity contribution in [3.8, 4) is 11.5 Å². The molecule has 30 heavy (non-hydrogen) atoms. The Morgan fingerprint density at radius 3 is 2.73 bits per heavy atom. The molecule has 0 radical (unpaired) electrons. The number of carbonyl (C=O) groups is 1. The van der Waals surface area contributed by atoms with Crippen LogP contribution in [0.5, 0.6) is 11.5 Å². The van der Waals surface area contributed by atoms with Gasteiger partial charge in [-0.15, -0.1) is 0 Å². The summed E-state index contributed by atoms with van der Waals surface area (Å²) in [5, 5.41) is 9.56. The average molecular weight is 406 g/mol. The highest BCUT2D eigenvalue weighted by molar-refractivity contribution is 5.95. The van der Waals surface area contributed by atoms with Gasteiger partial charge in [-0.2, -0.15) is 0 Å². The van der Waals surface area contributed by atoms with Crippen LogP contribution in [0.1, 0.15) is 36.8 Å². The van der Waals surface area contributed by atoms with E-state index in [4.69, 9.17) is 14.7 Å². The summed E-state index contributed by atoms with van der Waals surface area (Å²) in [5.74, 6) is 0.945. The quantitative estimate of drug-likeness (QED) is 0.288. The zero-order valence-electron chi connectivity index (χ0n) is 17.1. The van der Waals surface area contributed by atoms with Crippen LogP contribution in [-0.2, 0) is 4.79 Å². The summed E-state index contributed by atoms with van der Waals surface area (Å²) in [6.45, 7) is 4.81. The van der Waals surface area contributed by atoms with E-state index >= 15 is 0 Å². The first kappa shape index (κ1) is 21.3. The molecular weight excluding hydrogens is 380 g/mol. The van der Waals surface area contributed by atoms with E-state index in [2.05, 4.69) is 11.6 Å². The number of nitrogens with one attached hydrogen (secondary N) is 1. The van der Waals surface area contributed by atoms with E-state index in [1.165, 1.54) is 0 Å². The normalized spacial score (nSPS) is 10.6. The maximum Gasteiger partial charge on any atom is 0.243 e. The van der Waals surface area contributed by atoms with Crippen LogP contribution in [0.3, 0.4) is 0 Å². The summed E-state index contributed by atoms with van der Waals surface area (Å²) in [6.07, 6.45) is 4.40. The molecule has 1 heterocycles. The number of pyridine rings is 1. The number of aromatic nitrogens is 1. The van der Waals surface area contributed by atoms with Crippen molar-refractivity contribution in [2.45, 2.75) is 25.7 Å². The van der Waals surface area contributed by atoms with Gasteiger partial charge in [0, 0.05) is 18.0 Å². The molecule has 1 aromatic heterocycles. The van der Waals surface area contributed by atoms with Crippen LogP contribution in [0.15, 0.2) is 61.3 Å². The molecule has 0 spiro atoms. The van der Waals surface area contributed by atoms with Gasteiger partial charge in [0.1, 0.15) is 0 Å². The smallest absolute Gasteiger partial charge is 0.243 e. The topological polar surface area (TPSA) is 80.7 Å². The van der Waals surface area contributed by atoms with Crippen LogP contribution in [0.4, 0.5) is 0 Å². The maximum atomic E-state index is 11.0. The first-order chi connectivity index (χ1) is 14.6. The van der Waals surface area contributed by atoms with Gasteiger partial charge >= 0.3 is 0 Å². The number of carbonyl (C=O) groups excluding carboxylic acids is 1. The molecule has 0 unspecified atom stereocenters. The summed E-state index contributed by atoms with van der Waals surface area (Å²) in [5.41, 5.74) is 5.42. The molecule has 2 aromatic carbocycles. The Kier molecular flexibility index (Phi) is 7.40. The van der Waals surface area contributed by atoms with Crippen LogP contribution in [-0.4, -0.2) is 29.8 Å². The zero-order valence-corrected chi connectivity index (χ0v) is 17.1. The molecule has 156 valence electrons. The van der Waals surface area contributed by atoms with Crippen molar-refractivity contribution >= 4 is 22.4 Å². The first-order valence-electron chi connectivity index (χ1n) is 9.91. The standard InChI is InChI=1S/C24H26N2O4/c1-17(19-13-14-25-21-9-6-5-8-20(19)21)18-11-12-22(29-2)23(16-18)30-15-7-3-4-10-24(27)26-28/h5-6,8-9,11-14,16,28H,1,3-4,7,10,15H2,2H3,(H,26,27). The molecule has 1 amide bonds. The van der Waals surface area contributed by atoms with Crippen molar-refractivity contribution in [2.24, 2.45) is 0 Å². The minimum atomic E-state index is -0.368. The minimum Gasteiger partial charge on any atom is -0.493 e. The fourth-order valence-electron chi connectivity index (χ4n) is 3.29. The Morgan fingerprint density at radius 2 is 1.93 bits per heavy atom. The summed E-state index contributed by atoms with van der Waals surface area (Å²) in [6, 6.07) is 15.7. The van der Waals surface area contributed by atoms with Crippen molar-refractivity contribution in [2.75, 3.05) is 13.7 Å². The second kappa shape index (κ2) is 10.4. The molecule has 0 aliphatic carbocycles. The molecule has 0 bridgehead atoms. The Bertz CT molecular complexity index is 1030. The number of rotatable bonds is 10. The van der Waals surface area contributed by atoms with Crippen molar-refractivity contribution < 1.29 is 19.5 Å². The monoisotopic (exact) mass is 406 g/mol. The lowest BCUT2D eigenvalue weighted by Crippen LogP contribution is -2.17. The molecule has 3 aromatic rings. The fourth-order valence-corrected chi connectivity index (χ4v) is 3.29. The Morgan fingerprint density at radius 1 is 1.10 bits per heavy atom. The van der Waals surface area contributed by atoms with E-state index < -0.39 is 0 Å². The third-order valence-electron chi connectivity index (χ3n) is 4.92. The second-order valence-corrected chi connectivity index (χ2v) is 6.91. The van der Waals surface area contributed by atoms with Crippen molar-refractivity contribution in [3.63, 3.8) is 0 Å². The number of benzene rings is 2. The van der Waals surface area contributed by atoms with E-state index in [9.17, 15) is 4.79 Å². The first-order valence-corrected chi connectivity index (χ1v) is 9.91. The third kappa shape index (κ3) is 5.15. The zero-order chi connectivity index (χ0) is 21.3. The number of hydrogen-bond donors (Lipinski definition) is 2. The predicted octanol–water partition coefficient (Wildman–Crippen LogP) is 4.75. The molecule has 6 nitrogen and oxygen atoms in total. The van der Waals surface area contributed by atoms with Gasteiger partial charge in [-0.3, -0.25) is 15.0 Å². The number of unbranched alkanes of at least 4 members (excludes halogenated alkanes) is 2. The molecule has 2 N–H and O–H groups in total. The van der Waals surface area contributed by atoms with Gasteiger partial charge in [0.15, 0.2) is 11.5 Å². The lowest BCUT2D eigenvalue weighted by molar-refractivity contribution is -0.129. The number of methoxy groups -OCH3 is 1. The number of nitrogens with zero attached hydrogens (tertiary/aromatic N) is 1. The van der Waals surface area contributed by atoms with E-state index in [1.807, 2.05) is 48.5 Å². The maximum absolute atomic E-state index is 11.0. The third-order valence-corrected chi connectivity index (χ3v) is 4.92. The van der Waals surface area contributed by atoms with Gasteiger partial charge in [-0.05, 0) is 60.2 Å². The highest BCUT2D eigenvalue weighted by Gasteiger charge is 2.12. The lowest BCUT2D eigenvalue weighted by Gasteiger charge is -2.14. The molecular formula is C24H26N2O4. The summed E-state index contributed by atoms with van der Waals surface area (Å²) in [4.78, 5) is 15.4. The molecule has 0 saturated heterocycles. The second-order valence-electron chi connectivity index (χ2n) is 6.91. The van der Waals surface area contributed by atoms with Gasteiger partial charge in [0.2, 0.25) is 5.91 Å². The van der Waals surface area contributed by atoms with E-state index in [0.717, 1.165) is 40.4 Å². The van der Waals surface area contributed by atoms with Crippen LogP contribution < -0.4 is 15.0 Å². The van der Waals surface area contributed by atoms with E-state index in [0.29, 0.717) is 30.9 Å². The number of ether oxygens (including phenoxy) is 2. The Balaban J connectivity index is 1.71. The lowest BCUT2D eigenvalue weighted by atomic mass is 9.96. The largest absolute Gasteiger partial charge is 0.493 e. The molecule has 0 saturated carbocycles. The molecule has 0 aliphatic heterocycles. The summed E-state index contributed by atoms with van der Waals surface area (Å²) < 4.78 is 11.4. The van der Waals surface area contributed by atoms with Crippen LogP contribution >= 0.6 is 0 Å². The van der Waals surface area contributed by atoms with Crippen LogP contribution in [0.2, 0.25) is 0 Å². The number of fused-ring (bicyclic) bond motifs is 1.